The van der Waals surface area contributed by atoms with E-state index < -0.39 is 0 Å². The number of aromatic nitrogens is 1. The average molecular weight is 276 g/mol. The second kappa shape index (κ2) is 5.07. The molecule has 0 bridgehead atoms. The van der Waals surface area contributed by atoms with Crippen LogP contribution in [0.15, 0.2) is 48.5 Å². The molecular formula is C20H22N. The second-order valence-electron chi connectivity index (χ2n) is 6.60. The van der Waals surface area contributed by atoms with Crippen LogP contribution in [0.5, 0.6) is 0 Å². The Morgan fingerprint density at radius 3 is 2.24 bits per heavy atom. The van der Waals surface area contributed by atoms with Gasteiger partial charge in [0.1, 0.15) is 0 Å². The summed E-state index contributed by atoms with van der Waals surface area (Å²) in [6, 6.07) is 17.4. The fraction of sp³-hybridized carbons (Fsp3) is 0.250. The van der Waals surface area contributed by atoms with Crippen LogP contribution in [0.4, 0.5) is 0 Å². The van der Waals surface area contributed by atoms with E-state index in [1.165, 1.54) is 33.3 Å². The maximum atomic E-state index is 4.06. The standard InChI is InChI=1S/C20H22N/c1-5-17-19(16-8-6-7-9-18(16)21-17)14-10-12-15(13-11-14)20(2,3)4/h6-13,21H,1,5H2,2-4H3. The topological polar surface area (TPSA) is 15.8 Å². The summed E-state index contributed by atoms with van der Waals surface area (Å²) in [5.41, 5.74) is 6.50. The fourth-order valence-corrected chi connectivity index (χ4v) is 2.85. The van der Waals surface area contributed by atoms with Gasteiger partial charge in [0.2, 0.25) is 0 Å². The minimum absolute atomic E-state index is 0.188. The molecular weight excluding hydrogens is 254 g/mol. The molecule has 0 amide bonds. The maximum absolute atomic E-state index is 4.06. The van der Waals surface area contributed by atoms with Crippen LogP contribution in [-0.2, 0) is 11.8 Å². The molecule has 21 heavy (non-hydrogen) atoms. The Morgan fingerprint density at radius 2 is 1.62 bits per heavy atom. The van der Waals surface area contributed by atoms with Gasteiger partial charge >= 0.3 is 0 Å². The summed E-state index contributed by atoms with van der Waals surface area (Å²) >= 11 is 0. The van der Waals surface area contributed by atoms with Crippen LogP contribution < -0.4 is 0 Å². The molecule has 0 aliphatic heterocycles. The molecule has 0 unspecified atom stereocenters. The maximum Gasteiger partial charge on any atom is 0.0462 e. The third-order valence-electron chi connectivity index (χ3n) is 4.07. The third kappa shape index (κ3) is 2.49. The van der Waals surface area contributed by atoms with Crippen LogP contribution in [0, 0.1) is 6.92 Å². The molecule has 0 aliphatic rings. The van der Waals surface area contributed by atoms with E-state index in [1.807, 2.05) is 0 Å². The van der Waals surface area contributed by atoms with Crippen LogP contribution in [0.3, 0.4) is 0 Å². The van der Waals surface area contributed by atoms with Crippen molar-refractivity contribution >= 4 is 10.9 Å². The van der Waals surface area contributed by atoms with E-state index in [9.17, 15) is 0 Å². The quantitative estimate of drug-likeness (QED) is 0.635. The highest BCUT2D eigenvalue weighted by Crippen LogP contribution is 2.34. The van der Waals surface area contributed by atoms with Gasteiger partial charge in [0.25, 0.3) is 0 Å². The van der Waals surface area contributed by atoms with Gasteiger partial charge in [-0.15, -0.1) is 0 Å². The van der Waals surface area contributed by atoms with Gasteiger partial charge in [-0.1, -0.05) is 63.2 Å². The number of hydrogen-bond donors (Lipinski definition) is 1. The van der Waals surface area contributed by atoms with E-state index in [0.717, 1.165) is 6.42 Å². The molecule has 2 aromatic carbocycles. The molecule has 1 heteroatoms. The van der Waals surface area contributed by atoms with Crippen molar-refractivity contribution in [2.75, 3.05) is 0 Å². The largest absolute Gasteiger partial charge is 0.358 e. The van der Waals surface area contributed by atoms with Gasteiger partial charge < -0.3 is 4.98 Å². The molecule has 1 aromatic heterocycles. The van der Waals surface area contributed by atoms with Gasteiger partial charge in [-0.3, -0.25) is 0 Å². The third-order valence-corrected chi connectivity index (χ3v) is 4.07. The van der Waals surface area contributed by atoms with E-state index in [4.69, 9.17) is 0 Å². The second-order valence-corrected chi connectivity index (χ2v) is 6.60. The minimum atomic E-state index is 0.188. The number of fused-ring (bicyclic) bond motifs is 1. The molecule has 0 fully saturated rings. The lowest BCUT2D eigenvalue weighted by Crippen LogP contribution is -2.10. The van der Waals surface area contributed by atoms with Gasteiger partial charge in [-0.05, 0) is 36.0 Å². The normalized spacial score (nSPS) is 12.0. The van der Waals surface area contributed by atoms with Gasteiger partial charge in [0, 0.05) is 22.2 Å². The predicted octanol–water partition coefficient (Wildman–Crippen LogP) is 5.51. The SMILES string of the molecule is [CH2]Cc1[nH]c2ccccc2c1-c1ccc(C(C)(C)C)cc1. The Labute approximate surface area is 127 Å². The summed E-state index contributed by atoms with van der Waals surface area (Å²) in [4.78, 5) is 3.49. The van der Waals surface area contributed by atoms with E-state index in [2.05, 4.69) is 81.2 Å². The number of nitrogens with one attached hydrogen (secondary N) is 1. The Kier molecular flexibility index (Phi) is 3.36. The van der Waals surface area contributed by atoms with Gasteiger partial charge in [0.15, 0.2) is 0 Å². The zero-order valence-electron chi connectivity index (χ0n) is 13.0. The molecule has 0 atom stereocenters. The number of rotatable bonds is 2. The Morgan fingerprint density at radius 1 is 0.952 bits per heavy atom. The van der Waals surface area contributed by atoms with E-state index in [0.29, 0.717) is 0 Å². The molecule has 0 saturated heterocycles. The number of benzene rings is 2. The monoisotopic (exact) mass is 276 g/mol. The first-order valence-electron chi connectivity index (χ1n) is 7.50. The number of hydrogen-bond acceptors (Lipinski definition) is 0. The van der Waals surface area contributed by atoms with Crippen LogP contribution in [0.1, 0.15) is 32.0 Å². The lowest BCUT2D eigenvalue weighted by molar-refractivity contribution is 0.590. The van der Waals surface area contributed by atoms with Gasteiger partial charge in [-0.25, -0.2) is 0 Å². The van der Waals surface area contributed by atoms with Crippen molar-refractivity contribution in [1.29, 1.82) is 0 Å². The number of para-hydroxylation sites is 1. The first-order chi connectivity index (χ1) is 10.0. The highest BCUT2D eigenvalue weighted by molar-refractivity contribution is 5.97. The minimum Gasteiger partial charge on any atom is -0.358 e. The molecule has 0 saturated carbocycles. The van der Waals surface area contributed by atoms with Crippen molar-refractivity contribution in [2.24, 2.45) is 0 Å². The highest BCUT2D eigenvalue weighted by atomic mass is 14.7. The van der Waals surface area contributed by atoms with Crippen molar-refractivity contribution in [3.05, 3.63) is 66.7 Å². The van der Waals surface area contributed by atoms with E-state index in [-0.39, 0.29) is 5.41 Å². The molecule has 1 N–H and O–H groups in total. The summed E-state index contributed by atoms with van der Waals surface area (Å²) < 4.78 is 0. The molecule has 1 nitrogen and oxygen atoms in total. The van der Waals surface area contributed by atoms with E-state index in [1.54, 1.807) is 0 Å². The number of H-pyrrole nitrogens is 1. The summed E-state index contributed by atoms with van der Waals surface area (Å²) in [5.74, 6) is 0. The van der Waals surface area contributed by atoms with Crippen molar-refractivity contribution < 1.29 is 0 Å². The molecule has 1 radical (unpaired) electrons. The van der Waals surface area contributed by atoms with Crippen molar-refractivity contribution in [3.63, 3.8) is 0 Å². The van der Waals surface area contributed by atoms with Gasteiger partial charge in [0.05, 0.1) is 0 Å². The smallest absolute Gasteiger partial charge is 0.0462 e. The van der Waals surface area contributed by atoms with Crippen LogP contribution >= 0.6 is 0 Å². The Bertz CT molecular complexity index is 755. The average Bonchev–Trinajstić information content (AvgIpc) is 2.85. The summed E-state index contributed by atoms with van der Waals surface area (Å²) in [6.45, 7) is 10.8. The Hall–Kier alpha value is -2.02. The fourth-order valence-electron chi connectivity index (χ4n) is 2.85. The molecule has 3 rings (SSSR count). The number of aromatic amines is 1. The summed E-state index contributed by atoms with van der Waals surface area (Å²) in [7, 11) is 0. The van der Waals surface area contributed by atoms with Crippen LogP contribution in [0.25, 0.3) is 22.0 Å². The first-order valence-corrected chi connectivity index (χ1v) is 7.50. The molecule has 1 heterocycles. The predicted molar refractivity (Wildman–Crippen MR) is 91.5 cm³/mol. The van der Waals surface area contributed by atoms with Crippen molar-refractivity contribution in [2.45, 2.75) is 32.6 Å². The lowest BCUT2D eigenvalue weighted by atomic mass is 9.86. The summed E-state index contributed by atoms with van der Waals surface area (Å²) in [6.07, 6.45) is 0.769. The molecule has 0 aliphatic carbocycles. The van der Waals surface area contributed by atoms with E-state index >= 15 is 0 Å². The highest BCUT2D eigenvalue weighted by Gasteiger charge is 2.15. The Balaban J connectivity index is 2.16. The van der Waals surface area contributed by atoms with Crippen molar-refractivity contribution in [1.82, 2.24) is 4.98 Å². The van der Waals surface area contributed by atoms with Gasteiger partial charge in [-0.2, -0.15) is 0 Å². The zero-order valence-corrected chi connectivity index (χ0v) is 13.0. The molecule has 0 spiro atoms. The van der Waals surface area contributed by atoms with Crippen LogP contribution in [-0.4, -0.2) is 4.98 Å². The lowest BCUT2D eigenvalue weighted by Gasteiger charge is -2.19. The molecule has 3 aromatic rings. The van der Waals surface area contributed by atoms with Crippen molar-refractivity contribution in [3.8, 4) is 11.1 Å². The van der Waals surface area contributed by atoms with Crippen LogP contribution in [0.2, 0.25) is 0 Å². The summed E-state index contributed by atoms with van der Waals surface area (Å²) in [5, 5.41) is 1.28. The first kappa shape index (κ1) is 13.9. The molecule has 107 valence electrons. The zero-order chi connectivity index (χ0) is 15.0.